The van der Waals surface area contributed by atoms with Crippen molar-refractivity contribution in [1.29, 1.82) is 0 Å². The van der Waals surface area contributed by atoms with Crippen LogP contribution in [0.25, 0.3) is 0 Å². The third-order valence-electron chi connectivity index (χ3n) is 4.00. The number of amides is 1. The van der Waals surface area contributed by atoms with Crippen molar-refractivity contribution in [3.63, 3.8) is 0 Å². The SMILES string of the molecule is CCOc1cccc(C(=O)N(Cc2cccs2)c2ccc(C)c(Cl)c2)c1. The van der Waals surface area contributed by atoms with E-state index in [1.807, 2.05) is 67.8 Å². The third-order valence-corrected chi connectivity index (χ3v) is 5.27. The fourth-order valence-corrected chi connectivity index (χ4v) is 3.50. The van der Waals surface area contributed by atoms with Gasteiger partial charge in [0.2, 0.25) is 0 Å². The Hall–Kier alpha value is -2.30. The number of hydrogen-bond acceptors (Lipinski definition) is 3. The van der Waals surface area contributed by atoms with E-state index in [2.05, 4.69) is 0 Å². The molecule has 0 saturated heterocycles. The molecule has 134 valence electrons. The zero-order valence-corrected chi connectivity index (χ0v) is 16.3. The first-order valence-corrected chi connectivity index (χ1v) is 9.67. The van der Waals surface area contributed by atoms with E-state index in [9.17, 15) is 4.79 Å². The molecule has 1 amide bonds. The Morgan fingerprint density at radius 2 is 2.00 bits per heavy atom. The summed E-state index contributed by atoms with van der Waals surface area (Å²) in [6.45, 7) is 4.92. The Morgan fingerprint density at radius 1 is 1.15 bits per heavy atom. The minimum absolute atomic E-state index is 0.0835. The van der Waals surface area contributed by atoms with Crippen molar-refractivity contribution in [2.75, 3.05) is 11.5 Å². The maximum Gasteiger partial charge on any atom is 0.258 e. The summed E-state index contributed by atoms with van der Waals surface area (Å²) in [7, 11) is 0. The number of aryl methyl sites for hydroxylation is 1. The van der Waals surface area contributed by atoms with E-state index in [1.165, 1.54) is 0 Å². The molecule has 26 heavy (non-hydrogen) atoms. The number of nitrogens with zero attached hydrogens (tertiary/aromatic N) is 1. The molecule has 0 aliphatic heterocycles. The van der Waals surface area contributed by atoms with Crippen LogP contribution < -0.4 is 9.64 Å². The second-order valence-electron chi connectivity index (χ2n) is 5.86. The number of hydrogen-bond donors (Lipinski definition) is 0. The van der Waals surface area contributed by atoms with Gasteiger partial charge in [-0.25, -0.2) is 0 Å². The first kappa shape index (κ1) is 18.5. The number of carbonyl (C=O) groups is 1. The second kappa shape index (κ2) is 8.39. The van der Waals surface area contributed by atoms with Crippen molar-refractivity contribution in [3.05, 3.63) is 81.0 Å². The Morgan fingerprint density at radius 3 is 2.69 bits per heavy atom. The molecule has 0 spiro atoms. The molecule has 0 atom stereocenters. The minimum atomic E-state index is -0.0835. The van der Waals surface area contributed by atoms with Gasteiger partial charge in [0.1, 0.15) is 5.75 Å². The molecule has 1 aromatic heterocycles. The molecule has 3 aromatic rings. The summed E-state index contributed by atoms with van der Waals surface area (Å²) in [4.78, 5) is 16.1. The van der Waals surface area contributed by atoms with Gasteiger partial charge < -0.3 is 9.64 Å². The van der Waals surface area contributed by atoms with Crippen LogP contribution in [0.3, 0.4) is 0 Å². The number of benzene rings is 2. The van der Waals surface area contributed by atoms with Gasteiger partial charge in [-0.3, -0.25) is 4.79 Å². The molecule has 3 rings (SSSR count). The smallest absolute Gasteiger partial charge is 0.258 e. The zero-order valence-electron chi connectivity index (χ0n) is 14.7. The number of ether oxygens (including phenoxy) is 1. The fourth-order valence-electron chi connectivity index (χ4n) is 2.63. The molecular formula is C21H20ClNO2S. The van der Waals surface area contributed by atoms with Crippen LogP contribution >= 0.6 is 22.9 Å². The predicted molar refractivity (Wildman–Crippen MR) is 109 cm³/mol. The molecule has 0 unspecified atom stereocenters. The first-order valence-electron chi connectivity index (χ1n) is 8.41. The van der Waals surface area contributed by atoms with Crippen molar-refractivity contribution in [1.82, 2.24) is 0 Å². The normalized spacial score (nSPS) is 10.6. The fraction of sp³-hybridized carbons (Fsp3) is 0.190. The van der Waals surface area contributed by atoms with Crippen LogP contribution in [0.2, 0.25) is 5.02 Å². The Bertz CT molecular complexity index is 893. The van der Waals surface area contributed by atoms with Gasteiger partial charge in [0.15, 0.2) is 0 Å². The maximum absolute atomic E-state index is 13.3. The summed E-state index contributed by atoms with van der Waals surface area (Å²) >= 11 is 7.93. The quantitative estimate of drug-likeness (QED) is 0.524. The van der Waals surface area contributed by atoms with Crippen LogP contribution in [0.1, 0.15) is 27.7 Å². The average Bonchev–Trinajstić information content (AvgIpc) is 3.15. The van der Waals surface area contributed by atoms with Crippen molar-refractivity contribution >= 4 is 34.5 Å². The van der Waals surface area contributed by atoms with Gasteiger partial charge in [-0.05, 0) is 61.2 Å². The highest BCUT2D eigenvalue weighted by Crippen LogP contribution is 2.27. The molecular weight excluding hydrogens is 366 g/mol. The predicted octanol–water partition coefficient (Wildman–Crippen LogP) is 5.96. The lowest BCUT2D eigenvalue weighted by molar-refractivity contribution is 0.0985. The van der Waals surface area contributed by atoms with Gasteiger partial charge in [-0.1, -0.05) is 29.8 Å². The van der Waals surface area contributed by atoms with Gasteiger partial charge in [-0.15, -0.1) is 11.3 Å². The lowest BCUT2D eigenvalue weighted by atomic mass is 10.1. The molecule has 0 saturated carbocycles. The molecule has 0 radical (unpaired) electrons. The monoisotopic (exact) mass is 385 g/mol. The molecule has 5 heteroatoms. The first-order chi connectivity index (χ1) is 12.6. The van der Waals surface area contributed by atoms with E-state index >= 15 is 0 Å². The Kier molecular flexibility index (Phi) is 5.96. The highest BCUT2D eigenvalue weighted by molar-refractivity contribution is 7.09. The lowest BCUT2D eigenvalue weighted by Gasteiger charge is -2.23. The topological polar surface area (TPSA) is 29.5 Å². The van der Waals surface area contributed by atoms with E-state index in [0.29, 0.717) is 29.5 Å². The average molecular weight is 386 g/mol. The van der Waals surface area contributed by atoms with Crippen LogP contribution in [-0.2, 0) is 6.54 Å². The number of rotatable bonds is 6. The van der Waals surface area contributed by atoms with Crippen molar-refractivity contribution in [2.24, 2.45) is 0 Å². The van der Waals surface area contributed by atoms with Gasteiger partial charge in [0.05, 0.1) is 13.2 Å². The van der Waals surface area contributed by atoms with E-state index in [4.69, 9.17) is 16.3 Å². The number of anilines is 1. The van der Waals surface area contributed by atoms with Crippen molar-refractivity contribution < 1.29 is 9.53 Å². The highest BCUT2D eigenvalue weighted by Gasteiger charge is 2.20. The third kappa shape index (κ3) is 4.26. The maximum atomic E-state index is 13.3. The van der Waals surface area contributed by atoms with Crippen LogP contribution in [0.4, 0.5) is 5.69 Å². The Labute approximate surface area is 162 Å². The van der Waals surface area contributed by atoms with Crippen molar-refractivity contribution in [3.8, 4) is 5.75 Å². The standard InChI is InChI=1S/C21H20ClNO2S/c1-3-25-18-7-4-6-16(12-18)21(24)23(14-19-8-5-11-26-19)17-10-9-15(2)20(22)13-17/h4-13H,3,14H2,1-2H3. The van der Waals surface area contributed by atoms with Gasteiger partial charge in [0, 0.05) is 21.2 Å². The van der Waals surface area contributed by atoms with Crippen LogP contribution in [0, 0.1) is 6.92 Å². The highest BCUT2D eigenvalue weighted by atomic mass is 35.5. The summed E-state index contributed by atoms with van der Waals surface area (Å²) in [5.74, 6) is 0.608. The summed E-state index contributed by atoms with van der Waals surface area (Å²) < 4.78 is 5.53. The summed E-state index contributed by atoms with van der Waals surface area (Å²) in [5.41, 5.74) is 2.35. The van der Waals surface area contributed by atoms with E-state index in [1.54, 1.807) is 22.3 Å². The van der Waals surface area contributed by atoms with Gasteiger partial charge in [0.25, 0.3) is 5.91 Å². The molecule has 0 N–H and O–H groups in total. The summed E-state index contributed by atoms with van der Waals surface area (Å²) in [6, 6.07) is 17.0. The lowest BCUT2D eigenvalue weighted by Crippen LogP contribution is -2.30. The minimum Gasteiger partial charge on any atom is -0.494 e. The molecule has 0 fully saturated rings. The Balaban J connectivity index is 1.97. The van der Waals surface area contributed by atoms with E-state index < -0.39 is 0 Å². The molecule has 0 aliphatic rings. The zero-order chi connectivity index (χ0) is 18.5. The van der Waals surface area contributed by atoms with Crippen LogP contribution in [0.5, 0.6) is 5.75 Å². The summed E-state index contributed by atoms with van der Waals surface area (Å²) in [5, 5.41) is 2.66. The second-order valence-corrected chi connectivity index (χ2v) is 7.30. The van der Waals surface area contributed by atoms with E-state index in [0.717, 1.165) is 16.1 Å². The molecule has 2 aromatic carbocycles. The van der Waals surface area contributed by atoms with Gasteiger partial charge >= 0.3 is 0 Å². The van der Waals surface area contributed by atoms with Crippen LogP contribution in [0.15, 0.2) is 60.0 Å². The van der Waals surface area contributed by atoms with Crippen molar-refractivity contribution in [2.45, 2.75) is 20.4 Å². The summed E-state index contributed by atoms with van der Waals surface area (Å²) in [6.07, 6.45) is 0. The number of carbonyl (C=O) groups excluding carboxylic acids is 1. The largest absolute Gasteiger partial charge is 0.494 e. The van der Waals surface area contributed by atoms with Gasteiger partial charge in [-0.2, -0.15) is 0 Å². The molecule has 0 aliphatic carbocycles. The molecule has 3 nitrogen and oxygen atoms in total. The van der Waals surface area contributed by atoms with E-state index in [-0.39, 0.29) is 5.91 Å². The molecule has 0 bridgehead atoms. The number of halogens is 1. The molecule has 1 heterocycles. The van der Waals surface area contributed by atoms with Crippen LogP contribution in [-0.4, -0.2) is 12.5 Å². The number of thiophene rings is 1.